The third kappa shape index (κ3) is 5.95. The predicted octanol–water partition coefficient (Wildman–Crippen LogP) is 7.76. The Bertz CT molecular complexity index is 1320. The van der Waals surface area contributed by atoms with Gasteiger partial charge in [0.05, 0.1) is 23.4 Å². The van der Waals surface area contributed by atoms with Crippen LogP contribution in [0.2, 0.25) is 10.0 Å². The third-order valence-corrected chi connectivity index (χ3v) is 5.27. The number of rotatable bonds is 7. The van der Waals surface area contributed by atoms with Gasteiger partial charge in [-0.15, -0.1) is 0 Å². The molecule has 4 aromatic carbocycles. The molecule has 0 aliphatic rings. The summed E-state index contributed by atoms with van der Waals surface area (Å²) in [6, 6.07) is 26.7. The normalized spacial score (nSPS) is 10.8. The quantitative estimate of drug-likeness (QED) is 0.150. The molecule has 0 spiro atoms. The number of aliphatic imine (C=N–C) groups is 1. The summed E-state index contributed by atoms with van der Waals surface area (Å²) in [5.74, 6) is 1.52. The van der Waals surface area contributed by atoms with Gasteiger partial charge in [0.25, 0.3) is 0 Å². The van der Waals surface area contributed by atoms with E-state index < -0.39 is 5.97 Å². The van der Waals surface area contributed by atoms with E-state index in [1.54, 1.807) is 30.5 Å². The maximum absolute atomic E-state index is 12.5. The largest absolute Gasteiger partial charge is 0.493 e. The molecule has 34 heavy (non-hydrogen) atoms. The zero-order valence-electron chi connectivity index (χ0n) is 18.1. The lowest BCUT2D eigenvalue weighted by Crippen LogP contribution is -2.10. The molecular formula is C27H19Cl2NO4. The molecule has 7 heteroatoms. The molecule has 0 bridgehead atoms. The molecule has 0 atom stereocenters. The number of para-hydroxylation sites is 1. The van der Waals surface area contributed by atoms with E-state index in [1.807, 2.05) is 54.6 Å². The first-order chi connectivity index (χ1) is 16.5. The Morgan fingerprint density at radius 2 is 1.56 bits per heavy atom. The van der Waals surface area contributed by atoms with Gasteiger partial charge in [-0.3, -0.25) is 4.99 Å². The van der Waals surface area contributed by atoms with Gasteiger partial charge in [-0.2, -0.15) is 0 Å². The maximum Gasteiger partial charge on any atom is 0.345 e. The number of ether oxygens (including phenoxy) is 3. The van der Waals surface area contributed by atoms with Crippen LogP contribution in [-0.2, 0) is 0 Å². The van der Waals surface area contributed by atoms with Crippen LogP contribution in [0.1, 0.15) is 15.9 Å². The number of hydrogen-bond acceptors (Lipinski definition) is 5. The molecule has 170 valence electrons. The van der Waals surface area contributed by atoms with E-state index in [4.69, 9.17) is 37.4 Å². The summed E-state index contributed by atoms with van der Waals surface area (Å²) >= 11 is 12.0. The van der Waals surface area contributed by atoms with Crippen LogP contribution in [0.25, 0.3) is 0 Å². The number of carbonyl (C=O) groups is 1. The van der Waals surface area contributed by atoms with Crippen molar-refractivity contribution in [2.75, 3.05) is 7.11 Å². The second-order valence-electron chi connectivity index (χ2n) is 7.09. The van der Waals surface area contributed by atoms with Crippen LogP contribution < -0.4 is 14.2 Å². The molecule has 5 nitrogen and oxygen atoms in total. The molecule has 0 aromatic heterocycles. The van der Waals surface area contributed by atoms with Crippen LogP contribution in [0.5, 0.6) is 23.0 Å². The molecule has 0 saturated heterocycles. The highest BCUT2D eigenvalue weighted by atomic mass is 35.5. The van der Waals surface area contributed by atoms with Gasteiger partial charge in [-0.25, -0.2) is 4.79 Å². The topological polar surface area (TPSA) is 57.1 Å². The van der Waals surface area contributed by atoms with Gasteiger partial charge in [0, 0.05) is 11.2 Å². The third-order valence-electron chi connectivity index (χ3n) is 4.72. The van der Waals surface area contributed by atoms with Crippen LogP contribution in [0.4, 0.5) is 5.69 Å². The molecule has 0 aliphatic heterocycles. The van der Waals surface area contributed by atoms with Crippen molar-refractivity contribution < 1.29 is 19.0 Å². The fraction of sp³-hybridized carbons (Fsp3) is 0.0370. The molecule has 0 saturated carbocycles. The fourth-order valence-corrected chi connectivity index (χ4v) is 3.52. The molecule has 0 unspecified atom stereocenters. The van der Waals surface area contributed by atoms with Gasteiger partial charge in [0.15, 0.2) is 11.5 Å². The lowest BCUT2D eigenvalue weighted by molar-refractivity contribution is 0.0730. The van der Waals surface area contributed by atoms with E-state index in [9.17, 15) is 4.79 Å². The first-order valence-corrected chi connectivity index (χ1v) is 11.0. The van der Waals surface area contributed by atoms with Gasteiger partial charge in [-0.1, -0.05) is 41.4 Å². The summed E-state index contributed by atoms with van der Waals surface area (Å²) < 4.78 is 16.7. The summed E-state index contributed by atoms with van der Waals surface area (Å²) in [6.07, 6.45) is 1.69. The number of hydrogen-bond donors (Lipinski definition) is 0. The predicted molar refractivity (Wildman–Crippen MR) is 135 cm³/mol. The molecule has 4 rings (SSSR count). The molecular weight excluding hydrogens is 473 g/mol. The molecule has 0 N–H and O–H groups in total. The minimum absolute atomic E-state index is 0.207. The van der Waals surface area contributed by atoms with Gasteiger partial charge in [0.1, 0.15) is 11.5 Å². The first kappa shape index (κ1) is 23.4. The van der Waals surface area contributed by atoms with Crippen molar-refractivity contribution in [2.24, 2.45) is 4.99 Å². The van der Waals surface area contributed by atoms with Gasteiger partial charge >= 0.3 is 5.97 Å². The van der Waals surface area contributed by atoms with Crippen LogP contribution in [-0.4, -0.2) is 19.3 Å². The monoisotopic (exact) mass is 491 g/mol. The summed E-state index contributed by atoms with van der Waals surface area (Å²) in [5.41, 5.74) is 1.73. The lowest BCUT2D eigenvalue weighted by Gasteiger charge is -2.10. The second-order valence-corrected chi connectivity index (χ2v) is 7.93. The van der Waals surface area contributed by atoms with Crippen molar-refractivity contribution in [1.29, 1.82) is 0 Å². The Hall–Kier alpha value is -3.80. The van der Waals surface area contributed by atoms with Gasteiger partial charge in [-0.05, 0) is 78.4 Å². The fourth-order valence-electron chi connectivity index (χ4n) is 3.03. The van der Waals surface area contributed by atoms with E-state index in [2.05, 4.69) is 4.99 Å². The molecule has 4 aromatic rings. The van der Waals surface area contributed by atoms with E-state index in [0.717, 1.165) is 22.7 Å². The van der Waals surface area contributed by atoms with Gasteiger partial charge < -0.3 is 14.2 Å². The smallest absolute Gasteiger partial charge is 0.345 e. The second kappa shape index (κ2) is 10.9. The minimum atomic E-state index is -0.612. The van der Waals surface area contributed by atoms with Gasteiger partial charge in [0.2, 0.25) is 0 Å². The van der Waals surface area contributed by atoms with Crippen molar-refractivity contribution in [3.63, 3.8) is 0 Å². The van der Waals surface area contributed by atoms with Crippen molar-refractivity contribution in [3.8, 4) is 23.0 Å². The van der Waals surface area contributed by atoms with Crippen molar-refractivity contribution in [2.45, 2.75) is 0 Å². The van der Waals surface area contributed by atoms with Crippen molar-refractivity contribution in [3.05, 3.63) is 112 Å². The molecule has 0 amide bonds. The maximum atomic E-state index is 12.5. The Balaban J connectivity index is 1.44. The summed E-state index contributed by atoms with van der Waals surface area (Å²) in [7, 11) is 1.49. The Morgan fingerprint density at radius 3 is 2.26 bits per heavy atom. The average molecular weight is 492 g/mol. The SMILES string of the molecule is COc1cc(C=Nc2ccc(Oc3ccccc3)cc2)ccc1OC(=O)c1ccc(Cl)cc1Cl. The van der Waals surface area contributed by atoms with E-state index >= 15 is 0 Å². The summed E-state index contributed by atoms with van der Waals surface area (Å²) in [4.78, 5) is 17.0. The molecule has 0 aliphatic carbocycles. The number of methoxy groups -OCH3 is 1. The highest BCUT2D eigenvalue weighted by Gasteiger charge is 2.16. The summed E-state index contributed by atoms with van der Waals surface area (Å²) in [5, 5.41) is 0.640. The van der Waals surface area contributed by atoms with E-state index in [-0.39, 0.29) is 16.3 Å². The van der Waals surface area contributed by atoms with Crippen molar-refractivity contribution in [1.82, 2.24) is 0 Å². The zero-order valence-corrected chi connectivity index (χ0v) is 19.6. The number of nitrogens with zero attached hydrogens (tertiary/aromatic N) is 1. The highest BCUT2D eigenvalue weighted by molar-refractivity contribution is 6.36. The average Bonchev–Trinajstić information content (AvgIpc) is 2.85. The Labute approximate surface area is 207 Å². The zero-order chi connectivity index (χ0) is 23.9. The first-order valence-electron chi connectivity index (χ1n) is 10.2. The van der Waals surface area contributed by atoms with Crippen LogP contribution in [0, 0.1) is 0 Å². The van der Waals surface area contributed by atoms with Crippen molar-refractivity contribution >= 4 is 41.1 Å². The number of esters is 1. The van der Waals surface area contributed by atoms with E-state index in [1.165, 1.54) is 19.2 Å². The minimum Gasteiger partial charge on any atom is -0.493 e. The number of benzene rings is 4. The van der Waals surface area contributed by atoms with Crippen LogP contribution >= 0.6 is 23.2 Å². The lowest BCUT2D eigenvalue weighted by atomic mass is 10.2. The Morgan fingerprint density at radius 1 is 0.824 bits per heavy atom. The van der Waals surface area contributed by atoms with Crippen LogP contribution in [0.15, 0.2) is 96.0 Å². The number of halogens is 2. The van der Waals surface area contributed by atoms with E-state index in [0.29, 0.717) is 10.8 Å². The molecule has 0 fully saturated rings. The van der Waals surface area contributed by atoms with Crippen LogP contribution in [0.3, 0.4) is 0 Å². The Kier molecular flexibility index (Phi) is 7.48. The highest BCUT2D eigenvalue weighted by Crippen LogP contribution is 2.30. The summed E-state index contributed by atoms with van der Waals surface area (Å²) in [6.45, 7) is 0. The molecule has 0 radical (unpaired) electrons. The number of carbonyl (C=O) groups excluding carboxylic acids is 1. The standard InChI is InChI=1S/C27H19Cl2NO4/c1-32-26-15-18(7-14-25(26)34-27(31)23-13-8-19(28)16-24(23)29)17-30-20-9-11-22(12-10-20)33-21-5-3-2-4-6-21/h2-17H,1H3. The molecule has 0 heterocycles.